The molecule has 1 aromatic heterocycles. The summed E-state index contributed by atoms with van der Waals surface area (Å²) in [7, 11) is -3.66. The maximum absolute atomic E-state index is 11.9. The molecule has 0 saturated carbocycles. The van der Waals surface area contributed by atoms with Gasteiger partial charge in [0.15, 0.2) is 0 Å². The third-order valence-electron chi connectivity index (χ3n) is 2.05. The zero-order valence-electron chi connectivity index (χ0n) is 9.04. The molecule has 6 nitrogen and oxygen atoms in total. The summed E-state index contributed by atoms with van der Waals surface area (Å²) in [6, 6.07) is 7.36. The average Bonchev–Trinajstić information content (AvgIpc) is 2.63. The van der Waals surface area contributed by atoms with Crippen LogP contribution in [-0.4, -0.2) is 13.6 Å². The molecule has 17 heavy (non-hydrogen) atoms. The smallest absolute Gasteiger partial charge is 0.264 e. The molecule has 0 aliphatic carbocycles. The number of hydrogen-bond donors (Lipinski definition) is 2. The van der Waals surface area contributed by atoms with E-state index in [1.165, 1.54) is 30.3 Å². The first-order chi connectivity index (χ1) is 7.97. The maximum atomic E-state index is 11.9. The van der Waals surface area contributed by atoms with Gasteiger partial charge in [0.25, 0.3) is 10.0 Å². The molecule has 1 aromatic carbocycles. The Hall–Kier alpha value is -2.02. The Balaban J connectivity index is 2.28. The monoisotopic (exact) mass is 253 g/mol. The molecule has 0 fully saturated rings. The van der Waals surface area contributed by atoms with Crippen molar-refractivity contribution in [1.29, 1.82) is 0 Å². The summed E-state index contributed by atoms with van der Waals surface area (Å²) < 4.78 is 30.8. The van der Waals surface area contributed by atoms with E-state index in [0.29, 0.717) is 11.4 Å². The second-order valence-electron chi connectivity index (χ2n) is 3.51. The molecular weight excluding hydrogens is 242 g/mol. The van der Waals surface area contributed by atoms with Crippen LogP contribution in [0.1, 0.15) is 5.69 Å². The van der Waals surface area contributed by atoms with E-state index in [1.807, 2.05) is 0 Å². The number of rotatable bonds is 3. The van der Waals surface area contributed by atoms with Gasteiger partial charge in [-0.1, -0.05) is 5.16 Å². The van der Waals surface area contributed by atoms with Gasteiger partial charge in [-0.3, -0.25) is 0 Å². The molecule has 7 heteroatoms. The van der Waals surface area contributed by atoms with Crippen molar-refractivity contribution >= 4 is 21.6 Å². The number of hydrogen-bond acceptors (Lipinski definition) is 5. The molecule has 0 bridgehead atoms. The number of nitrogens with two attached hydrogens (primary N) is 1. The van der Waals surface area contributed by atoms with Crippen molar-refractivity contribution in [2.24, 2.45) is 0 Å². The van der Waals surface area contributed by atoms with E-state index in [9.17, 15) is 8.42 Å². The second kappa shape index (κ2) is 4.10. The highest BCUT2D eigenvalue weighted by Gasteiger charge is 2.15. The van der Waals surface area contributed by atoms with Gasteiger partial charge >= 0.3 is 0 Å². The van der Waals surface area contributed by atoms with Crippen LogP contribution in [0.2, 0.25) is 0 Å². The highest BCUT2D eigenvalue weighted by molar-refractivity contribution is 7.92. The molecule has 3 N–H and O–H groups in total. The Kier molecular flexibility index (Phi) is 2.76. The number of nitrogens with one attached hydrogen (secondary N) is 1. The molecule has 0 spiro atoms. The quantitative estimate of drug-likeness (QED) is 0.805. The van der Waals surface area contributed by atoms with Gasteiger partial charge in [0.1, 0.15) is 0 Å². The fraction of sp³-hybridized carbons (Fsp3) is 0.100. The molecule has 1 heterocycles. The summed E-state index contributed by atoms with van der Waals surface area (Å²) >= 11 is 0. The number of nitrogens with zero attached hydrogens (tertiary/aromatic N) is 1. The van der Waals surface area contributed by atoms with E-state index in [0.717, 1.165) is 0 Å². The molecular formula is C10H11N3O3S. The summed E-state index contributed by atoms with van der Waals surface area (Å²) in [6.07, 6.45) is 0. The van der Waals surface area contributed by atoms with Gasteiger partial charge in [0.05, 0.1) is 10.6 Å². The predicted octanol–water partition coefficient (Wildman–Crippen LogP) is 1.37. The molecule has 2 rings (SSSR count). The van der Waals surface area contributed by atoms with E-state index in [4.69, 9.17) is 10.3 Å². The topological polar surface area (TPSA) is 98.2 Å². The molecule has 2 aromatic rings. The second-order valence-corrected chi connectivity index (χ2v) is 5.19. The van der Waals surface area contributed by atoms with Gasteiger partial charge in [-0.05, 0) is 31.2 Å². The molecule has 0 atom stereocenters. The predicted molar refractivity (Wildman–Crippen MR) is 62.9 cm³/mol. The first-order valence-corrected chi connectivity index (χ1v) is 6.27. The Labute approximate surface area is 98.5 Å². The minimum Gasteiger partial charge on any atom is -0.399 e. The van der Waals surface area contributed by atoms with Crippen LogP contribution in [0.4, 0.5) is 11.6 Å². The van der Waals surface area contributed by atoms with Crippen molar-refractivity contribution in [3.8, 4) is 0 Å². The lowest BCUT2D eigenvalue weighted by molar-refractivity contribution is 0.430. The van der Waals surface area contributed by atoms with Crippen LogP contribution in [0.25, 0.3) is 0 Å². The fourth-order valence-corrected chi connectivity index (χ4v) is 2.22. The molecule has 0 aliphatic heterocycles. The average molecular weight is 253 g/mol. The number of aromatic nitrogens is 1. The number of benzene rings is 1. The van der Waals surface area contributed by atoms with Crippen LogP contribution in [0.15, 0.2) is 39.8 Å². The highest BCUT2D eigenvalue weighted by Crippen LogP contribution is 2.17. The zero-order valence-corrected chi connectivity index (χ0v) is 9.86. The Morgan fingerprint density at radius 1 is 1.29 bits per heavy atom. The van der Waals surface area contributed by atoms with Crippen LogP contribution in [-0.2, 0) is 10.0 Å². The van der Waals surface area contributed by atoms with Crippen molar-refractivity contribution in [3.63, 3.8) is 0 Å². The zero-order chi connectivity index (χ0) is 12.5. The van der Waals surface area contributed by atoms with Gasteiger partial charge in [0, 0.05) is 11.8 Å². The lowest BCUT2D eigenvalue weighted by atomic mass is 10.3. The van der Waals surface area contributed by atoms with E-state index in [-0.39, 0.29) is 10.8 Å². The van der Waals surface area contributed by atoms with Crippen LogP contribution < -0.4 is 10.5 Å². The minimum absolute atomic E-state index is 0.0827. The standard InChI is InChI=1S/C10H11N3O3S/c1-7-6-10(16-12-7)13-17(14,15)9-4-2-8(11)3-5-9/h2-6,13H,11H2,1H3. The van der Waals surface area contributed by atoms with E-state index < -0.39 is 10.0 Å². The van der Waals surface area contributed by atoms with Crippen LogP contribution >= 0.6 is 0 Å². The van der Waals surface area contributed by atoms with Crippen molar-refractivity contribution in [1.82, 2.24) is 5.16 Å². The van der Waals surface area contributed by atoms with Crippen LogP contribution in [0.5, 0.6) is 0 Å². The fourth-order valence-electron chi connectivity index (χ4n) is 1.25. The lowest BCUT2D eigenvalue weighted by Crippen LogP contribution is -2.12. The van der Waals surface area contributed by atoms with Crippen molar-refractivity contribution in [2.45, 2.75) is 11.8 Å². The van der Waals surface area contributed by atoms with Crippen molar-refractivity contribution in [3.05, 3.63) is 36.0 Å². The Bertz CT molecular complexity index is 617. The van der Waals surface area contributed by atoms with Gasteiger partial charge in [0.2, 0.25) is 5.88 Å². The van der Waals surface area contributed by atoms with Gasteiger partial charge in [-0.15, -0.1) is 0 Å². The summed E-state index contributed by atoms with van der Waals surface area (Å²) in [4.78, 5) is 0.112. The van der Waals surface area contributed by atoms with Crippen molar-refractivity contribution < 1.29 is 12.9 Å². The lowest BCUT2D eigenvalue weighted by Gasteiger charge is -2.04. The maximum Gasteiger partial charge on any atom is 0.264 e. The Morgan fingerprint density at radius 2 is 1.94 bits per heavy atom. The molecule has 0 amide bonds. The summed E-state index contributed by atoms with van der Waals surface area (Å²) in [6.45, 7) is 1.70. The number of anilines is 2. The minimum atomic E-state index is -3.66. The largest absolute Gasteiger partial charge is 0.399 e. The van der Waals surface area contributed by atoms with Gasteiger partial charge in [-0.25, -0.2) is 13.1 Å². The van der Waals surface area contributed by atoms with Crippen LogP contribution in [0.3, 0.4) is 0 Å². The van der Waals surface area contributed by atoms with E-state index in [1.54, 1.807) is 6.92 Å². The molecule has 0 saturated heterocycles. The van der Waals surface area contributed by atoms with Crippen LogP contribution in [0, 0.1) is 6.92 Å². The molecule has 0 unspecified atom stereocenters. The first-order valence-electron chi connectivity index (χ1n) is 4.79. The number of sulfonamides is 1. The SMILES string of the molecule is Cc1cc(NS(=O)(=O)c2ccc(N)cc2)on1. The molecule has 0 radical (unpaired) electrons. The van der Waals surface area contributed by atoms with Crippen molar-refractivity contribution in [2.75, 3.05) is 10.5 Å². The molecule has 0 aliphatic rings. The normalized spacial score (nSPS) is 11.4. The number of nitrogen functional groups attached to an aromatic ring is 1. The number of aryl methyl sites for hydroxylation is 1. The summed E-state index contributed by atoms with van der Waals surface area (Å²) in [5, 5.41) is 3.59. The summed E-state index contributed by atoms with van der Waals surface area (Å²) in [5.41, 5.74) is 6.58. The van der Waals surface area contributed by atoms with Gasteiger partial charge in [-0.2, -0.15) is 0 Å². The van der Waals surface area contributed by atoms with Gasteiger partial charge < -0.3 is 10.3 Å². The third kappa shape index (κ3) is 2.56. The first kappa shape index (κ1) is 11.5. The summed E-state index contributed by atoms with van der Waals surface area (Å²) in [5.74, 6) is 0.0827. The van der Waals surface area contributed by atoms with E-state index >= 15 is 0 Å². The highest BCUT2D eigenvalue weighted by atomic mass is 32.2. The molecule has 90 valence electrons. The van der Waals surface area contributed by atoms with E-state index in [2.05, 4.69) is 9.88 Å². The Morgan fingerprint density at radius 3 is 2.47 bits per heavy atom. The third-order valence-corrected chi connectivity index (χ3v) is 3.42.